The lowest BCUT2D eigenvalue weighted by molar-refractivity contribution is -0.138. The van der Waals surface area contributed by atoms with E-state index in [2.05, 4.69) is 0 Å². The molecule has 2 bridgehead atoms. The van der Waals surface area contributed by atoms with Crippen LogP contribution in [0.3, 0.4) is 0 Å². The summed E-state index contributed by atoms with van der Waals surface area (Å²) in [6.07, 6.45) is -1.61. The SMILES string of the molecule is FC(F)(F)c1cccc2c1[C@H]1C=C[C@@H]2O1. The predicted octanol–water partition coefficient (Wildman–Crippen LogP) is 3.39. The molecule has 0 saturated heterocycles. The van der Waals surface area contributed by atoms with Gasteiger partial charge in [0.05, 0.1) is 5.56 Å². The van der Waals surface area contributed by atoms with Crippen molar-refractivity contribution >= 4 is 0 Å². The molecule has 0 aliphatic carbocycles. The first-order chi connectivity index (χ1) is 7.07. The fraction of sp³-hybridized carbons (Fsp3) is 0.273. The zero-order chi connectivity index (χ0) is 10.6. The monoisotopic (exact) mass is 212 g/mol. The normalized spacial score (nSPS) is 27.1. The van der Waals surface area contributed by atoms with Gasteiger partial charge in [0.25, 0.3) is 0 Å². The molecule has 0 radical (unpaired) electrons. The predicted molar refractivity (Wildman–Crippen MR) is 47.2 cm³/mol. The zero-order valence-electron chi connectivity index (χ0n) is 7.58. The lowest BCUT2D eigenvalue weighted by atomic mass is 9.92. The molecular weight excluding hydrogens is 205 g/mol. The van der Waals surface area contributed by atoms with Crippen LogP contribution in [-0.2, 0) is 10.9 Å². The first kappa shape index (κ1) is 8.97. The van der Waals surface area contributed by atoms with Gasteiger partial charge in [-0.3, -0.25) is 0 Å². The maximum absolute atomic E-state index is 12.7. The fourth-order valence-corrected chi connectivity index (χ4v) is 2.19. The summed E-state index contributed by atoms with van der Waals surface area (Å²) >= 11 is 0. The number of rotatable bonds is 0. The molecule has 15 heavy (non-hydrogen) atoms. The Morgan fingerprint density at radius 1 is 1.07 bits per heavy atom. The number of hydrogen-bond acceptors (Lipinski definition) is 1. The minimum atomic E-state index is -4.30. The van der Waals surface area contributed by atoms with Crippen molar-refractivity contribution in [2.45, 2.75) is 18.4 Å². The van der Waals surface area contributed by atoms with Crippen LogP contribution in [0.2, 0.25) is 0 Å². The Morgan fingerprint density at radius 3 is 2.53 bits per heavy atom. The van der Waals surface area contributed by atoms with E-state index >= 15 is 0 Å². The number of hydrogen-bond donors (Lipinski definition) is 0. The molecule has 2 aliphatic heterocycles. The molecule has 0 spiro atoms. The number of alkyl halides is 3. The number of halogens is 3. The standard InChI is InChI=1S/C11H7F3O/c12-11(13,14)7-3-1-2-6-8-4-5-9(15-8)10(6)7/h1-5,8-9H/t8-,9+/m0/s1. The van der Waals surface area contributed by atoms with Crippen molar-refractivity contribution in [3.63, 3.8) is 0 Å². The third-order valence-corrected chi connectivity index (χ3v) is 2.79. The smallest absolute Gasteiger partial charge is 0.357 e. The molecule has 0 fully saturated rings. The van der Waals surface area contributed by atoms with Gasteiger partial charge in [0.2, 0.25) is 0 Å². The molecule has 0 amide bonds. The van der Waals surface area contributed by atoms with E-state index in [9.17, 15) is 13.2 Å². The van der Waals surface area contributed by atoms with Crippen molar-refractivity contribution in [2.75, 3.05) is 0 Å². The molecule has 0 unspecified atom stereocenters. The second-order valence-corrected chi connectivity index (χ2v) is 3.67. The third kappa shape index (κ3) is 1.14. The first-order valence-corrected chi connectivity index (χ1v) is 4.61. The first-order valence-electron chi connectivity index (χ1n) is 4.61. The molecule has 4 heteroatoms. The molecule has 1 aromatic carbocycles. The Bertz CT molecular complexity index is 448. The quantitative estimate of drug-likeness (QED) is 0.599. The molecule has 2 atom stereocenters. The zero-order valence-corrected chi connectivity index (χ0v) is 7.58. The Balaban J connectivity index is 2.22. The largest absolute Gasteiger partial charge is 0.416 e. The lowest BCUT2D eigenvalue weighted by Crippen LogP contribution is -2.11. The van der Waals surface area contributed by atoms with E-state index < -0.39 is 17.8 Å². The third-order valence-electron chi connectivity index (χ3n) is 2.79. The maximum Gasteiger partial charge on any atom is 0.416 e. The Labute approximate surface area is 84.2 Å². The van der Waals surface area contributed by atoms with Crippen LogP contribution in [-0.4, -0.2) is 0 Å². The number of ether oxygens (including phenoxy) is 1. The van der Waals surface area contributed by atoms with Crippen molar-refractivity contribution in [1.82, 2.24) is 0 Å². The van der Waals surface area contributed by atoms with Crippen LogP contribution in [0, 0.1) is 0 Å². The lowest BCUT2D eigenvalue weighted by Gasteiger charge is -2.15. The van der Waals surface area contributed by atoms with Gasteiger partial charge < -0.3 is 4.74 Å². The highest BCUT2D eigenvalue weighted by molar-refractivity contribution is 5.48. The Hall–Kier alpha value is -1.29. The summed E-state index contributed by atoms with van der Waals surface area (Å²) in [6, 6.07) is 4.23. The average molecular weight is 212 g/mol. The van der Waals surface area contributed by atoms with E-state index in [0.29, 0.717) is 5.56 Å². The van der Waals surface area contributed by atoms with Crippen LogP contribution in [0.25, 0.3) is 0 Å². The topological polar surface area (TPSA) is 9.23 Å². The van der Waals surface area contributed by atoms with Crippen molar-refractivity contribution < 1.29 is 17.9 Å². The summed E-state index contributed by atoms with van der Waals surface area (Å²) in [6.45, 7) is 0. The van der Waals surface area contributed by atoms with Gasteiger partial charge in [-0.15, -0.1) is 0 Å². The second-order valence-electron chi connectivity index (χ2n) is 3.67. The molecule has 1 aromatic rings. The minimum Gasteiger partial charge on any atom is -0.357 e. The highest BCUT2D eigenvalue weighted by Gasteiger charge is 2.42. The van der Waals surface area contributed by atoms with Crippen LogP contribution in [0.4, 0.5) is 13.2 Å². The molecule has 78 valence electrons. The van der Waals surface area contributed by atoms with Crippen LogP contribution in [0.15, 0.2) is 30.4 Å². The minimum absolute atomic E-state index is 0.285. The van der Waals surface area contributed by atoms with Crippen LogP contribution >= 0.6 is 0 Å². The molecule has 3 rings (SSSR count). The van der Waals surface area contributed by atoms with Gasteiger partial charge in [0.15, 0.2) is 0 Å². The summed E-state index contributed by atoms with van der Waals surface area (Å²) in [5.41, 5.74) is 0.367. The van der Waals surface area contributed by atoms with Crippen molar-refractivity contribution in [1.29, 1.82) is 0 Å². The Kier molecular flexibility index (Phi) is 1.58. The van der Waals surface area contributed by atoms with Crippen molar-refractivity contribution in [3.05, 3.63) is 47.0 Å². The van der Waals surface area contributed by atoms with Gasteiger partial charge in [0, 0.05) is 5.56 Å². The summed E-state index contributed by atoms with van der Waals surface area (Å²) < 4.78 is 43.4. The molecule has 0 saturated carbocycles. The number of benzene rings is 1. The van der Waals surface area contributed by atoms with Gasteiger partial charge in [-0.2, -0.15) is 13.2 Å². The highest BCUT2D eigenvalue weighted by atomic mass is 19.4. The van der Waals surface area contributed by atoms with E-state index in [1.807, 2.05) is 0 Å². The van der Waals surface area contributed by atoms with Crippen LogP contribution in [0.1, 0.15) is 28.9 Å². The maximum atomic E-state index is 12.7. The molecule has 1 nitrogen and oxygen atoms in total. The van der Waals surface area contributed by atoms with Crippen molar-refractivity contribution in [2.24, 2.45) is 0 Å². The summed E-state index contributed by atoms with van der Waals surface area (Å²) in [5, 5.41) is 0. The molecular formula is C11H7F3O. The van der Waals surface area contributed by atoms with Gasteiger partial charge in [-0.05, 0) is 11.6 Å². The van der Waals surface area contributed by atoms with Crippen LogP contribution < -0.4 is 0 Å². The van der Waals surface area contributed by atoms with E-state index in [-0.39, 0.29) is 11.7 Å². The van der Waals surface area contributed by atoms with E-state index in [4.69, 9.17) is 4.74 Å². The van der Waals surface area contributed by atoms with Gasteiger partial charge in [-0.1, -0.05) is 24.3 Å². The molecule has 0 aromatic heterocycles. The fourth-order valence-electron chi connectivity index (χ4n) is 2.19. The van der Waals surface area contributed by atoms with Gasteiger partial charge in [-0.25, -0.2) is 0 Å². The summed E-state index contributed by atoms with van der Waals surface area (Å²) in [4.78, 5) is 0. The summed E-state index contributed by atoms with van der Waals surface area (Å²) in [7, 11) is 0. The highest BCUT2D eigenvalue weighted by Crippen LogP contribution is 2.50. The van der Waals surface area contributed by atoms with Gasteiger partial charge >= 0.3 is 6.18 Å². The molecule has 2 aliphatic rings. The Morgan fingerprint density at radius 2 is 1.80 bits per heavy atom. The van der Waals surface area contributed by atoms with Crippen molar-refractivity contribution in [3.8, 4) is 0 Å². The second kappa shape index (κ2) is 2.64. The van der Waals surface area contributed by atoms with E-state index in [1.54, 1.807) is 18.2 Å². The van der Waals surface area contributed by atoms with E-state index in [0.717, 1.165) is 6.07 Å². The average Bonchev–Trinajstić information content (AvgIpc) is 2.76. The number of fused-ring (bicyclic) bond motifs is 5. The molecule has 0 N–H and O–H groups in total. The van der Waals surface area contributed by atoms with E-state index in [1.165, 1.54) is 6.07 Å². The molecule has 2 heterocycles. The van der Waals surface area contributed by atoms with Crippen LogP contribution in [0.5, 0.6) is 0 Å². The van der Waals surface area contributed by atoms with Gasteiger partial charge in [0.1, 0.15) is 12.2 Å². The summed E-state index contributed by atoms with van der Waals surface area (Å²) in [5.74, 6) is 0.